The SMILES string of the molecule is COCc1noc(-c2nc3nccc(C)n3n2)n1. The number of rotatable bonds is 3. The van der Waals surface area contributed by atoms with Crippen molar-refractivity contribution in [3.05, 3.63) is 23.8 Å². The lowest BCUT2D eigenvalue weighted by molar-refractivity contribution is 0.174. The summed E-state index contributed by atoms with van der Waals surface area (Å²) in [4.78, 5) is 12.5. The van der Waals surface area contributed by atoms with Gasteiger partial charge < -0.3 is 9.26 Å². The van der Waals surface area contributed by atoms with E-state index in [2.05, 4.69) is 25.2 Å². The van der Waals surface area contributed by atoms with Crippen molar-refractivity contribution in [3.8, 4) is 11.7 Å². The van der Waals surface area contributed by atoms with Crippen molar-refractivity contribution in [1.29, 1.82) is 0 Å². The average Bonchev–Trinajstić information content (AvgIpc) is 2.96. The van der Waals surface area contributed by atoms with Crippen LogP contribution in [-0.2, 0) is 11.3 Å². The van der Waals surface area contributed by atoms with Crippen molar-refractivity contribution in [3.63, 3.8) is 0 Å². The van der Waals surface area contributed by atoms with Crippen molar-refractivity contribution >= 4 is 5.78 Å². The Morgan fingerprint density at radius 1 is 1.39 bits per heavy atom. The maximum atomic E-state index is 5.07. The van der Waals surface area contributed by atoms with E-state index in [1.807, 2.05) is 13.0 Å². The number of hydrogen-bond donors (Lipinski definition) is 0. The van der Waals surface area contributed by atoms with Crippen LogP contribution in [0.25, 0.3) is 17.5 Å². The lowest BCUT2D eigenvalue weighted by Gasteiger charge is -1.92. The van der Waals surface area contributed by atoms with Crippen LogP contribution in [0.1, 0.15) is 11.5 Å². The second kappa shape index (κ2) is 4.15. The highest BCUT2D eigenvalue weighted by atomic mass is 16.5. The van der Waals surface area contributed by atoms with Crippen molar-refractivity contribution < 1.29 is 9.26 Å². The van der Waals surface area contributed by atoms with Crippen LogP contribution in [0.4, 0.5) is 0 Å². The molecular formula is C10H10N6O2. The van der Waals surface area contributed by atoms with E-state index < -0.39 is 0 Å². The van der Waals surface area contributed by atoms with Gasteiger partial charge in [-0.3, -0.25) is 0 Å². The molecular weight excluding hydrogens is 236 g/mol. The minimum absolute atomic E-state index is 0.256. The maximum Gasteiger partial charge on any atom is 0.297 e. The number of methoxy groups -OCH3 is 1. The van der Waals surface area contributed by atoms with Gasteiger partial charge in [0, 0.05) is 19.0 Å². The molecule has 0 aromatic carbocycles. The molecule has 0 aliphatic heterocycles. The summed E-state index contributed by atoms with van der Waals surface area (Å²) in [6.45, 7) is 2.20. The molecule has 92 valence electrons. The van der Waals surface area contributed by atoms with Gasteiger partial charge in [-0.2, -0.15) is 9.97 Å². The zero-order valence-corrected chi connectivity index (χ0v) is 9.86. The Morgan fingerprint density at radius 2 is 2.28 bits per heavy atom. The lowest BCUT2D eigenvalue weighted by Crippen LogP contribution is -1.94. The standard InChI is InChI=1S/C10H10N6O2/c1-6-3-4-11-10-13-8(14-16(6)10)9-12-7(5-17-2)15-18-9/h3-4H,5H2,1-2H3. The van der Waals surface area contributed by atoms with Gasteiger partial charge in [-0.15, -0.1) is 5.10 Å². The first-order valence-corrected chi connectivity index (χ1v) is 5.28. The molecule has 0 radical (unpaired) electrons. The maximum absolute atomic E-state index is 5.07. The summed E-state index contributed by atoms with van der Waals surface area (Å²) in [6, 6.07) is 1.84. The van der Waals surface area contributed by atoms with E-state index >= 15 is 0 Å². The van der Waals surface area contributed by atoms with Crippen LogP contribution < -0.4 is 0 Å². The number of ether oxygens (including phenoxy) is 1. The molecule has 0 spiro atoms. The Morgan fingerprint density at radius 3 is 3.06 bits per heavy atom. The molecule has 18 heavy (non-hydrogen) atoms. The van der Waals surface area contributed by atoms with Gasteiger partial charge in [-0.05, 0) is 13.0 Å². The van der Waals surface area contributed by atoms with Crippen LogP contribution in [-0.4, -0.2) is 36.8 Å². The Balaban J connectivity index is 2.05. The second-order valence-electron chi connectivity index (χ2n) is 3.68. The lowest BCUT2D eigenvalue weighted by atomic mass is 10.5. The molecule has 0 atom stereocenters. The first-order chi connectivity index (χ1) is 8.78. The zero-order chi connectivity index (χ0) is 12.5. The number of aromatic nitrogens is 6. The third-order valence-electron chi connectivity index (χ3n) is 2.36. The summed E-state index contributed by atoms with van der Waals surface area (Å²) >= 11 is 0. The molecule has 3 aromatic rings. The molecule has 8 heteroatoms. The molecule has 8 nitrogen and oxygen atoms in total. The van der Waals surface area contributed by atoms with Gasteiger partial charge in [0.1, 0.15) is 6.61 Å². The molecule has 0 aliphatic rings. The summed E-state index contributed by atoms with van der Waals surface area (Å²) in [5, 5.41) is 8.02. The fraction of sp³-hybridized carbons (Fsp3) is 0.300. The van der Waals surface area contributed by atoms with E-state index in [9.17, 15) is 0 Å². The summed E-state index contributed by atoms with van der Waals surface area (Å²) in [5.74, 6) is 1.56. The first kappa shape index (κ1) is 10.8. The minimum atomic E-state index is 0.256. The highest BCUT2D eigenvalue weighted by Crippen LogP contribution is 2.14. The molecule has 0 amide bonds. The van der Waals surface area contributed by atoms with Crippen molar-refractivity contribution in [2.45, 2.75) is 13.5 Å². The van der Waals surface area contributed by atoms with Gasteiger partial charge in [-0.1, -0.05) is 5.16 Å². The molecule has 3 heterocycles. The predicted molar refractivity (Wildman–Crippen MR) is 59.5 cm³/mol. The Bertz CT molecular complexity index is 689. The van der Waals surface area contributed by atoms with Crippen molar-refractivity contribution in [2.75, 3.05) is 7.11 Å². The summed E-state index contributed by atoms with van der Waals surface area (Å²) in [7, 11) is 1.56. The first-order valence-electron chi connectivity index (χ1n) is 5.28. The Labute approximate surface area is 102 Å². The number of nitrogens with zero attached hydrogens (tertiary/aromatic N) is 6. The average molecular weight is 246 g/mol. The highest BCUT2D eigenvalue weighted by Gasteiger charge is 2.15. The Kier molecular flexibility index (Phi) is 2.49. The topological polar surface area (TPSA) is 91.2 Å². The number of fused-ring (bicyclic) bond motifs is 1. The predicted octanol–water partition coefficient (Wildman–Crippen LogP) is 0.629. The second-order valence-corrected chi connectivity index (χ2v) is 3.68. The normalized spacial score (nSPS) is 11.2. The molecule has 0 aliphatic carbocycles. The summed E-state index contributed by atoms with van der Waals surface area (Å²) < 4.78 is 11.6. The van der Waals surface area contributed by atoms with Crippen LogP contribution in [0.3, 0.4) is 0 Å². The summed E-state index contributed by atoms with van der Waals surface area (Å²) in [5.41, 5.74) is 0.926. The highest BCUT2D eigenvalue weighted by molar-refractivity contribution is 5.45. The van der Waals surface area contributed by atoms with Crippen LogP contribution in [0.15, 0.2) is 16.8 Å². The van der Waals surface area contributed by atoms with Crippen molar-refractivity contribution in [2.24, 2.45) is 0 Å². The van der Waals surface area contributed by atoms with Crippen LogP contribution in [0.2, 0.25) is 0 Å². The molecule has 0 unspecified atom stereocenters. The zero-order valence-electron chi connectivity index (χ0n) is 9.86. The van der Waals surface area contributed by atoms with Crippen molar-refractivity contribution in [1.82, 2.24) is 29.7 Å². The number of hydrogen-bond acceptors (Lipinski definition) is 7. The van der Waals surface area contributed by atoms with Gasteiger partial charge >= 0.3 is 0 Å². The minimum Gasteiger partial charge on any atom is -0.377 e. The third kappa shape index (κ3) is 1.72. The fourth-order valence-electron chi connectivity index (χ4n) is 1.53. The van der Waals surface area contributed by atoms with Gasteiger partial charge in [0.25, 0.3) is 11.7 Å². The van der Waals surface area contributed by atoms with E-state index in [4.69, 9.17) is 9.26 Å². The third-order valence-corrected chi connectivity index (χ3v) is 2.36. The van der Waals surface area contributed by atoms with Gasteiger partial charge in [0.05, 0.1) is 0 Å². The quantitative estimate of drug-likeness (QED) is 0.669. The van der Waals surface area contributed by atoms with Gasteiger partial charge in [0.15, 0.2) is 5.82 Å². The van der Waals surface area contributed by atoms with E-state index in [0.717, 1.165) is 5.69 Å². The largest absolute Gasteiger partial charge is 0.377 e. The molecule has 3 aromatic heterocycles. The number of aryl methyl sites for hydroxylation is 1. The molecule has 0 N–H and O–H groups in total. The molecule has 0 saturated heterocycles. The summed E-state index contributed by atoms with van der Waals surface area (Å²) in [6.07, 6.45) is 1.67. The molecule has 0 bridgehead atoms. The van der Waals surface area contributed by atoms with Crippen LogP contribution >= 0.6 is 0 Å². The fourth-order valence-corrected chi connectivity index (χ4v) is 1.53. The Hall–Kier alpha value is -2.35. The molecule has 0 fully saturated rings. The smallest absolute Gasteiger partial charge is 0.297 e. The van der Waals surface area contributed by atoms with Crippen LogP contribution in [0, 0.1) is 6.92 Å². The monoisotopic (exact) mass is 246 g/mol. The molecule has 3 rings (SSSR count). The van der Waals surface area contributed by atoms with E-state index in [1.54, 1.807) is 17.8 Å². The van der Waals surface area contributed by atoms with Crippen LogP contribution in [0.5, 0.6) is 0 Å². The van der Waals surface area contributed by atoms with E-state index in [0.29, 0.717) is 17.4 Å². The van der Waals surface area contributed by atoms with Gasteiger partial charge in [0.2, 0.25) is 5.82 Å². The van der Waals surface area contributed by atoms with E-state index in [1.165, 1.54) is 0 Å². The molecule has 0 saturated carbocycles. The van der Waals surface area contributed by atoms with E-state index in [-0.39, 0.29) is 12.5 Å². The van der Waals surface area contributed by atoms with Gasteiger partial charge in [-0.25, -0.2) is 9.50 Å².